The summed E-state index contributed by atoms with van der Waals surface area (Å²) >= 11 is 1.62. The van der Waals surface area contributed by atoms with Crippen LogP contribution in [0.3, 0.4) is 0 Å². The fourth-order valence-corrected chi connectivity index (χ4v) is 3.33. The number of methoxy groups -OCH3 is 1. The maximum absolute atomic E-state index is 13.9. The summed E-state index contributed by atoms with van der Waals surface area (Å²) in [5, 5.41) is 2.97. The number of thioether (sulfide) groups is 1. The van der Waals surface area contributed by atoms with Gasteiger partial charge in [0, 0.05) is 17.2 Å². The minimum atomic E-state index is -0.399. The lowest BCUT2D eigenvalue weighted by Crippen LogP contribution is -2.32. The lowest BCUT2D eigenvalue weighted by molar-refractivity contribution is -0.117. The van der Waals surface area contributed by atoms with Crippen LogP contribution in [0.5, 0.6) is 5.75 Å². The number of halogens is 1. The van der Waals surface area contributed by atoms with Crippen LogP contribution in [-0.2, 0) is 11.3 Å². The standard InChI is InChI=1S/C21H25FN2O2S/c1-4-12-27-20-9-7-6-8-18(20)23-21(25)15-24(5-2)14-16-10-11-19(26-3)17(22)13-16/h4,6-11,13H,1,5,12,14-15H2,2-3H3,(H,23,25). The van der Waals surface area contributed by atoms with Crippen LogP contribution in [0.4, 0.5) is 10.1 Å². The Morgan fingerprint density at radius 2 is 2.11 bits per heavy atom. The Morgan fingerprint density at radius 3 is 2.78 bits per heavy atom. The topological polar surface area (TPSA) is 41.6 Å². The van der Waals surface area contributed by atoms with Gasteiger partial charge in [0.2, 0.25) is 5.91 Å². The molecule has 144 valence electrons. The third-order valence-corrected chi connectivity index (χ3v) is 5.02. The number of nitrogens with one attached hydrogen (secondary N) is 1. The minimum Gasteiger partial charge on any atom is -0.494 e. The Hall–Kier alpha value is -2.31. The second-order valence-electron chi connectivity index (χ2n) is 5.92. The normalized spacial score (nSPS) is 10.7. The monoisotopic (exact) mass is 388 g/mol. The highest BCUT2D eigenvalue weighted by Gasteiger charge is 2.13. The van der Waals surface area contributed by atoms with Crippen molar-refractivity contribution in [3.63, 3.8) is 0 Å². The average Bonchev–Trinajstić information content (AvgIpc) is 2.67. The first-order valence-electron chi connectivity index (χ1n) is 8.74. The molecule has 0 fully saturated rings. The zero-order valence-electron chi connectivity index (χ0n) is 15.7. The Kier molecular flexibility index (Phi) is 8.36. The number of benzene rings is 2. The quantitative estimate of drug-likeness (QED) is 0.478. The van der Waals surface area contributed by atoms with Crippen molar-refractivity contribution in [3.05, 3.63) is 66.5 Å². The number of likely N-dealkylation sites (N-methyl/N-ethyl adjacent to an activating group) is 1. The number of hydrogen-bond acceptors (Lipinski definition) is 4. The molecule has 0 bridgehead atoms. The SMILES string of the molecule is C=CCSc1ccccc1NC(=O)CN(CC)Cc1ccc(OC)c(F)c1. The van der Waals surface area contributed by atoms with E-state index in [2.05, 4.69) is 11.9 Å². The van der Waals surface area contributed by atoms with E-state index in [4.69, 9.17) is 4.74 Å². The molecule has 2 aromatic carbocycles. The highest BCUT2D eigenvalue weighted by atomic mass is 32.2. The molecule has 0 aliphatic carbocycles. The lowest BCUT2D eigenvalue weighted by atomic mass is 10.2. The van der Waals surface area contributed by atoms with E-state index in [1.807, 2.05) is 48.2 Å². The zero-order chi connectivity index (χ0) is 19.6. The van der Waals surface area contributed by atoms with E-state index in [0.29, 0.717) is 13.1 Å². The average molecular weight is 389 g/mol. The molecule has 0 saturated carbocycles. The molecule has 0 saturated heterocycles. The first-order chi connectivity index (χ1) is 13.1. The number of amides is 1. The summed E-state index contributed by atoms with van der Waals surface area (Å²) in [6, 6.07) is 12.6. The minimum absolute atomic E-state index is 0.0995. The van der Waals surface area contributed by atoms with Crippen molar-refractivity contribution < 1.29 is 13.9 Å². The molecule has 27 heavy (non-hydrogen) atoms. The Morgan fingerprint density at radius 1 is 1.33 bits per heavy atom. The van der Waals surface area contributed by atoms with Gasteiger partial charge in [-0.05, 0) is 36.4 Å². The largest absolute Gasteiger partial charge is 0.494 e. The number of hydrogen-bond donors (Lipinski definition) is 1. The van der Waals surface area contributed by atoms with Gasteiger partial charge in [-0.25, -0.2) is 4.39 Å². The summed E-state index contributed by atoms with van der Waals surface area (Å²) in [6.07, 6.45) is 1.83. The van der Waals surface area contributed by atoms with Gasteiger partial charge in [0.15, 0.2) is 11.6 Å². The Labute approximate surface area is 164 Å². The van der Waals surface area contributed by atoms with Gasteiger partial charge in [-0.15, -0.1) is 18.3 Å². The molecule has 0 radical (unpaired) electrons. The van der Waals surface area contributed by atoms with Crippen molar-refractivity contribution in [2.45, 2.75) is 18.4 Å². The highest BCUT2D eigenvalue weighted by molar-refractivity contribution is 7.99. The van der Waals surface area contributed by atoms with Crippen LogP contribution in [0.15, 0.2) is 60.0 Å². The summed E-state index contributed by atoms with van der Waals surface area (Å²) in [5.74, 6) is 0.492. The number of anilines is 1. The van der Waals surface area contributed by atoms with Crippen LogP contribution in [0, 0.1) is 5.82 Å². The molecule has 0 unspecified atom stereocenters. The van der Waals surface area contributed by atoms with E-state index in [-0.39, 0.29) is 18.2 Å². The second-order valence-corrected chi connectivity index (χ2v) is 6.98. The smallest absolute Gasteiger partial charge is 0.238 e. The van der Waals surface area contributed by atoms with Crippen LogP contribution < -0.4 is 10.1 Å². The predicted molar refractivity (Wildman–Crippen MR) is 110 cm³/mol. The molecule has 0 spiro atoms. The number of ether oxygens (including phenoxy) is 1. The molecular formula is C21H25FN2O2S. The van der Waals surface area contributed by atoms with Crippen molar-refractivity contribution in [1.29, 1.82) is 0 Å². The van der Waals surface area contributed by atoms with E-state index in [9.17, 15) is 9.18 Å². The van der Waals surface area contributed by atoms with E-state index in [1.165, 1.54) is 13.2 Å². The van der Waals surface area contributed by atoms with Crippen molar-refractivity contribution in [2.75, 3.05) is 31.3 Å². The number of para-hydroxylation sites is 1. The summed E-state index contributed by atoms with van der Waals surface area (Å²) in [4.78, 5) is 15.4. The van der Waals surface area contributed by atoms with Gasteiger partial charge in [-0.2, -0.15) is 0 Å². The molecule has 2 aromatic rings. The lowest BCUT2D eigenvalue weighted by Gasteiger charge is -2.20. The van der Waals surface area contributed by atoms with Gasteiger partial charge in [0.25, 0.3) is 0 Å². The van der Waals surface area contributed by atoms with Crippen molar-refractivity contribution in [1.82, 2.24) is 4.90 Å². The highest BCUT2D eigenvalue weighted by Crippen LogP contribution is 2.27. The van der Waals surface area contributed by atoms with Gasteiger partial charge in [0.1, 0.15) is 0 Å². The first kappa shape index (κ1) is 21.0. The Bertz CT molecular complexity index is 783. The van der Waals surface area contributed by atoms with Crippen LogP contribution >= 0.6 is 11.8 Å². The van der Waals surface area contributed by atoms with Gasteiger partial charge >= 0.3 is 0 Å². The zero-order valence-corrected chi connectivity index (χ0v) is 16.5. The molecule has 0 aromatic heterocycles. The van der Waals surface area contributed by atoms with Gasteiger partial charge in [-0.1, -0.05) is 31.2 Å². The number of carbonyl (C=O) groups excluding carboxylic acids is 1. The summed E-state index contributed by atoms with van der Waals surface area (Å²) in [7, 11) is 1.44. The van der Waals surface area contributed by atoms with Crippen LogP contribution in [0.1, 0.15) is 12.5 Å². The molecule has 6 heteroatoms. The number of rotatable bonds is 10. The van der Waals surface area contributed by atoms with Gasteiger partial charge in [-0.3, -0.25) is 9.69 Å². The van der Waals surface area contributed by atoms with Crippen molar-refractivity contribution in [2.24, 2.45) is 0 Å². The molecule has 0 heterocycles. The molecule has 2 rings (SSSR count). The third-order valence-electron chi connectivity index (χ3n) is 3.95. The number of carbonyl (C=O) groups is 1. The number of nitrogens with zero attached hydrogens (tertiary/aromatic N) is 1. The molecule has 0 aliphatic rings. The van der Waals surface area contributed by atoms with E-state index >= 15 is 0 Å². The molecule has 0 aliphatic heterocycles. The van der Waals surface area contributed by atoms with Gasteiger partial charge in [0.05, 0.1) is 19.3 Å². The van der Waals surface area contributed by atoms with Crippen LogP contribution in [-0.4, -0.2) is 36.8 Å². The van der Waals surface area contributed by atoms with Gasteiger partial charge < -0.3 is 10.1 Å². The molecule has 0 atom stereocenters. The van der Waals surface area contributed by atoms with Crippen LogP contribution in [0.25, 0.3) is 0 Å². The third kappa shape index (κ3) is 6.41. The second kappa shape index (κ2) is 10.7. The van der Waals surface area contributed by atoms with Crippen molar-refractivity contribution in [3.8, 4) is 5.75 Å². The summed E-state index contributed by atoms with van der Waals surface area (Å²) < 4.78 is 18.8. The van der Waals surface area contributed by atoms with E-state index in [0.717, 1.165) is 21.9 Å². The fraction of sp³-hybridized carbons (Fsp3) is 0.286. The molecule has 4 nitrogen and oxygen atoms in total. The van der Waals surface area contributed by atoms with E-state index < -0.39 is 5.82 Å². The summed E-state index contributed by atoms with van der Waals surface area (Å²) in [6.45, 7) is 7.08. The molecular weight excluding hydrogens is 363 g/mol. The Balaban J connectivity index is 1.99. The predicted octanol–water partition coefficient (Wildman–Crippen LogP) is 4.57. The first-order valence-corrected chi connectivity index (χ1v) is 9.73. The maximum Gasteiger partial charge on any atom is 0.238 e. The molecule has 1 amide bonds. The summed E-state index contributed by atoms with van der Waals surface area (Å²) in [5.41, 5.74) is 1.59. The van der Waals surface area contributed by atoms with E-state index in [1.54, 1.807) is 17.8 Å². The molecule has 1 N–H and O–H groups in total. The fourth-order valence-electron chi connectivity index (χ4n) is 2.58. The van der Waals surface area contributed by atoms with Crippen molar-refractivity contribution >= 4 is 23.4 Å². The maximum atomic E-state index is 13.9. The van der Waals surface area contributed by atoms with Crippen LogP contribution in [0.2, 0.25) is 0 Å².